The summed E-state index contributed by atoms with van der Waals surface area (Å²) < 4.78 is 54.3. The van der Waals surface area contributed by atoms with Crippen LogP contribution in [0.1, 0.15) is 168 Å². The molecule has 1 unspecified atom stereocenters. The zero-order valence-electron chi connectivity index (χ0n) is 54.9. The van der Waals surface area contributed by atoms with Gasteiger partial charge in [-0.15, -0.1) is 0 Å². The van der Waals surface area contributed by atoms with E-state index in [2.05, 4.69) is 137 Å². The molecule has 9 aromatic carbocycles. The third-order valence-corrected chi connectivity index (χ3v) is 23.0. The zero-order valence-corrected chi connectivity index (χ0v) is 56.7. The lowest BCUT2D eigenvalue weighted by Gasteiger charge is -2.29. The van der Waals surface area contributed by atoms with Crippen molar-refractivity contribution in [1.29, 1.82) is 0 Å². The van der Waals surface area contributed by atoms with Crippen molar-refractivity contribution in [3.8, 4) is 23.0 Å². The van der Waals surface area contributed by atoms with Gasteiger partial charge in [-0.05, 0) is 101 Å². The summed E-state index contributed by atoms with van der Waals surface area (Å²) in [6.45, 7) is 28.1. The molecule has 0 spiro atoms. The summed E-state index contributed by atoms with van der Waals surface area (Å²) in [5.74, 6) is 1.58. The topological polar surface area (TPSA) is 111 Å². The number of phenolic OH excluding ortho intramolecular Hbond substituents is 1. The van der Waals surface area contributed by atoms with Crippen LogP contribution in [0.3, 0.4) is 0 Å². The number of carbonyl (C=O) groups is 1. The lowest BCUT2D eigenvalue weighted by Crippen LogP contribution is -2.31. The fraction of sp³-hybridized carbons (Fsp3) is 0.312. The first-order chi connectivity index (χ1) is 42.6. The maximum Gasteiger partial charge on any atom is 0.258 e. The number of hydrogen-bond acceptors (Lipinski definition) is 7. The van der Waals surface area contributed by atoms with Gasteiger partial charge in [0.1, 0.15) is 35.7 Å². The second-order valence-corrected chi connectivity index (χ2v) is 34.1. The number of phenols is 1. The molecule has 0 aliphatic heterocycles. The fourth-order valence-corrected chi connectivity index (χ4v) is 16.4. The highest BCUT2D eigenvalue weighted by Gasteiger charge is 2.35. The summed E-state index contributed by atoms with van der Waals surface area (Å²) in [4.78, 5) is 14.3. The molecule has 10 heteroatoms. The molecule has 10 rings (SSSR count). The molecule has 2 N–H and O–H groups in total. The number of hydrogen-bond donors (Lipinski definition) is 2. The quantitative estimate of drug-likeness (QED) is 0.0984. The third kappa shape index (κ3) is 14.6. The van der Waals surface area contributed by atoms with Crippen molar-refractivity contribution in [2.75, 3.05) is 19.3 Å². The van der Waals surface area contributed by atoms with E-state index in [-0.39, 0.29) is 84.3 Å². The molecule has 466 valence electrons. The molecule has 1 aliphatic rings. The van der Waals surface area contributed by atoms with Crippen molar-refractivity contribution >= 4 is 41.4 Å². The first kappa shape index (κ1) is 65.1. The molecule has 0 saturated heterocycles. The van der Waals surface area contributed by atoms with Crippen LogP contribution in [-0.4, -0.2) is 30.3 Å². The molecule has 9 aromatic rings. The molecule has 1 aliphatic carbocycles. The van der Waals surface area contributed by atoms with Gasteiger partial charge in [0.2, 0.25) is 0 Å². The number of fused-ring (bicyclic) bond motifs is 8. The number of benzene rings is 9. The maximum atomic E-state index is 16.3. The number of amides is 1. The number of rotatable bonds is 15. The van der Waals surface area contributed by atoms with Crippen molar-refractivity contribution in [3.63, 3.8) is 0 Å². The van der Waals surface area contributed by atoms with E-state index in [0.29, 0.717) is 49.6 Å². The summed E-state index contributed by atoms with van der Waals surface area (Å²) >= 11 is 0. The van der Waals surface area contributed by atoms with Gasteiger partial charge in [-0.25, -0.2) is 0 Å². The minimum absolute atomic E-state index is 0.139. The second kappa shape index (κ2) is 26.1. The van der Waals surface area contributed by atoms with Crippen molar-refractivity contribution in [2.24, 2.45) is 0 Å². The molecule has 0 heterocycles. The minimum atomic E-state index is -3.50. The molecular formula is C80H89NO7P2. The van der Waals surface area contributed by atoms with Crippen molar-refractivity contribution in [3.05, 3.63) is 273 Å². The first-order valence-electron chi connectivity index (χ1n) is 31.6. The van der Waals surface area contributed by atoms with Crippen LogP contribution < -0.4 is 40.7 Å². The van der Waals surface area contributed by atoms with Crippen LogP contribution in [0, 0.1) is 0 Å². The average molecular weight is 1240 g/mol. The first-order valence-corrected chi connectivity index (χ1v) is 35.3. The maximum absolute atomic E-state index is 16.3. The van der Waals surface area contributed by atoms with Crippen molar-refractivity contribution < 1.29 is 33.2 Å². The van der Waals surface area contributed by atoms with E-state index in [0.717, 1.165) is 61.2 Å². The molecule has 0 fully saturated rings. The summed E-state index contributed by atoms with van der Waals surface area (Å²) in [5.41, 5.74) is 10.2. The largest absolute Gasteiger partial charge is 0.507 e. The third-order valence-electron chi connectivity index (χ3n) is 17.5. The van der Waals surface area contributed by atoms with Gasteiger partial charge in [-0.3, -0.25) is 4.79 Å². The van der Waals surface area contributed by atoms with Crippen molar-refractivity contribution in [2.45, 2.75) is 143 Å². The van der Waals surface area contributed by atoms with Crippen molar-refractivity contribution in [1.82, 2.24) is 5.32 Å². The predicted molar refractivity (Wildman–Crippen MR) is 372 cm³/mol. The van der Waals surface area contributed by atoms with Gasteiger partial charge in [-0.2, -0.15) is 0 Å². The number of ether oxygens (including phenoxy) is 3. The van der Waals surface area contributed by atoms with E-state index < -0.39 is 14.3 Å². The molecule has 8 bridgehead atoms. The molecule has 8 nitrogen and oxygen atoms in total. The van der Waals surface area contributed by atoms with E-state index in [1.807, 2.05) is 159 Å². The lowest BCUT2D eigenvalue weighted by atomic mass is 9.79. The number of carbonyl (C=O) groups excluding carboxylic acids is 1. The van der Waals surface area contributed by atoms with Crippen LogP contribution in [0.25, 0.3) is 0 Å². The Labute approximate surface area is 535 Å². The summed E-state index contributed by atoms with van der Waals surface area (Å²) in [6, 6.07) is 65.7. The lowest BCUT2D eigenvalue weighted by molar-refractivity contribution is -0.123. The van der Waals surface area contributed by atoms with Crippen LogP contribution >= 0.6 is 14.3 Å². The van der Waals surface area contributed by atoms with Gasteiger partial charge >= 0.3 is 0 Å². The van der Waals surface area contributed by atoms with Gasteiger partial charge in [0.15, 0.2) is 20.9 Å². The van der Waals surface area contributed by atoms with E-state index in [9.17, 15) is 9.90 Å². The number of aromatic hydroxyl groups is 1. The Kier molecular flexibility index (Phi) is 18.9. The van der Waals surface area contributed by atoms with Gasteiger partial charge in [0.25, 0.3) is 5.91 Å². The van der Waals surface area contributed by atoms with Crippen LogP contribution in [0.4, 0.5) is 0 Å². The van der Waals surface area contributed by atoms with Crippen LogP contribution in [0.5, 0.6) is 23.0 Å². The Morgan fingerprint density at radius 3 is 0.922 bits per heavy atom. The van der Waals surface area contributed by atoms with Gasteiger partial charge < -0.3 is 33.8 Å². The van der Waals surface area contributed by atoms with Crippen LogP contribution in [-0.2, 0) is 61.3 Å². The molecule has 1 atom stereocenters. The highest BCUT2D eigenvalue weighted by Crippen LogP contribution is 2.49. The summed E-state index contributed by atoms with van der Waals surface area (Å²) in [5, 5.41) is 19.1. The Bertz CT molecular complexity index is 4030. The van der Waals surface area contributed by atoms with Crippen LogP contribution in [0.2, 0.25) is 0 Å². The highest BCUT2D eigenvalue weighted by molar-refractivity contribution is 7.79. The predicted octanol–water partition coefficient (Wildman–Crippen LogP) is 17.2. The SMILES string of the molecule is CC(NC(=O)COc1c2cc(C(C)(C)C)cc1Cc1cc(C(C)(C)C)cc(c1OCP(=O)(c1ccccc1)c1ccccc1)Cc1cc(C(C)(C)C)cc(c1OCP(=O)(c1ccccc1)c1ccccc1)Cc1cc(C(C)(C)C)cc(c1O)C2)c1ccccc1. The van der Waals surface area contributed by atoms with Crippen LogP contribution in [0.15, 0.2) is 200 Å². The fourth-order valence-electron chi connectivity index (χ4n) is 12.0. The summed E-state index contributed by atoms with van der Waals surface area (Å²) in [6.07, 6.45) is 0.814. The zero-order chi connectivity index (χ0) is 64.4. The average Bonchev–Trinajstić information content (AvgIpc) is 0.789. The summed E-state index contributed by atoms with van der Waals surface area (Å²) in [7, 11) is -6.98. The molecule has 0 aromatic heterocycles. The van der Waals surface area contributed by atoms with Gasteiger partial charge in [0.05, 0.1) is 6.04 Å². The molecular weight excluding hydrogens is 1150 g/mol. The standard InChI is InChI=1S/C80H89NO7P2/c1-54(55-29-19-14-20-30-55)81-72(82)51-86-74-58-39-56-43-64(77(2,3)4)44-57(73(56)83)40-59-46-66(79(8,9)10)49-62(75(59)87-52-89(84,68-31-21-15-22-32-68)69-33-23-16-24-34-69)42-63-50-67(80(11,12)13)48-61(41-60(74)47-65(45-58)78(5,6)7)76(63)88-53-90(85,70-35-25-17-26-36-70)71-37-27-18-28-38-71/h14-38,43-50,54,83H,39-42,51-53H2,1-13H3,(H,81,82). The Hall–Kier alpha value is -7.89. The Morgan fingerprint density at radius 1 is 0.400 bits per heavy atom. The van der Waals surface area contributed by atoms with E-state index in [4.69, 9.17) is 14.2 Å². The van der Waals surface area contributed by atoms with Gasteiger partial charge in [0, 0.05) is 46.9 Å². The minimum Gasteiger partial charge on any atom is -0.507 e. The highest BCUT2D eigenvalue weighted by atomic mass is 31.2. The Balaban J connectivity index is 1.27. The smallest absolute Gasteiger partial charge is 0.258 e. The second-order valence-electron chi connectivity index (χ2n) is 28.6. The normalized spacial score (nSPS) is 13.5. The monoisotopic (exact) mass is 1240 g/mol. The molecule has 1 amide bonds. The Morgan fingerprint density at radius 2 is 0.644 bits per heavy atom. The van der Waals surface area contributed by atoms with Gasteiger partial charge in [-0.1, -0.05) is 283 Å². The van der Waals surface area contributed by atoms with E-state index in [1.165, 1.54) is 0 Å². The molecule has 0 saturated carbocycles. The van der Waals surface area contributed by atoms with E-state index in [1.54, 1.807) is 0 Å². The number of nitrogens with one attached hydrogen (secondary N) is 1. The molecule has 0 radical (unpaired) electrons. The van der Waals surface area contributed by atoms with E-state index >= 15 is 9.13 Å². The molecule has 90 heavy (non-hydrogen) atoms.